The highest BCUT2D eigenvalue weighted by molar-refractivity contribution is 5.77. The quantitative estimate of drug-likeness (QED) is 0.814. The summed E-state index contributed by atoms with van der Waals surface area (Å²) < 4.78 is 5.37. The molecule has 0 aliphatic heterocycles. The average molecular weight is 225 g/mol. The number of carbonyl (C=O) groups is 1. The molecule has 1 heterocycles. The van der Waals surface area contributed by atoms with E-state index in [9.17, 15) is 4.79 Å². The van der Waals surface area contributed by atoms with Crippen LogP contribution < -0.4 is 5.32 Å². The smallest absolute Gasteiger partial charge is 0.246 e. The number of aromatic amines is 1. The van der Waals surface area contributed by atoms with Crippen LogP contribution in [0.3, 0.4) is 0 Å². The van der Waals surface area contributed by atoms with Gasteiger partial charge in [-0.25, -0.2) is 0 Å². The number of carbonyl (C=O) groups excluding carboxylic acids is 1. The highest BCUT2D eigenvalue weighted by atomic mass is 16.5. The fraction of sp³-hybridized carbons (Fsp3) is 0.636. The van der Waals surface area contributed by atoms with Gasteiger partial charge in [-0.2, -0.15) is 5.10 Å². The van der Waals surface area contributed by atoms with E-state index in [2.05, 4.69) is 15.5 Å². The Balaban J connectivity index is 2.35. The van der Waals surface area contributed by atoms with Crippen molar-refractivity contribution in [1.29, 1.82) is 0 Å². The molecule has 16 heavy (non-hydrogen) atoms. The molecule has 1 rings (SSSR count). The lowest BCUT2D eigenvalue weighted by atomic mass is 10.2. The number of amides is 1. The van der Waals surface area contributed by atoms with Crippen LogP contribution >= 0.6 is 0 Å². The van der Waals surface area contributed by atoms with E-state index in [0.29, 0.717) is 0 Å². The predicted molar refractivity (Wildman–Crippen MR) is 60.9 cm³/mol. The van der Waals surface area contributed by atoms with Crippen LogP contribution in [0.25, 0.3) is 0 Å². The molecular formula is C11H19N3O2. The second kappa shape index (κ2) is 5.12. The van der Waals surface area contributed by atoms with Gasteiger partial charge in [0.2, 0.25) is 5.91 Å². The van der Waals surface area contributed by atoms with Crippen LogP contribution in [0, 0.1) is 0 Å². The summed E-state index contributed by atoms with van der Waals surface area (Å²) in [5, 5.41) is 9.37. The van der Waals surface area contributed by atoms with Gasteiger partial charge in [0.15, 0.2) is 0 Å². The Morgan fingerprint density at radius 1 is 1.62 bits per heavy atom. The normalized spacial score (nSPS) is 13.5. The molecule has 0 saturated carbocycles. The summed E-state index contributed by atoms with van der Waals surface area (Å²) in [7, 11) is 0. The molecule has 0 aromatic carbocycles. The zero-order valence-corrected chi connectivity index (χ0v) is 10.2. The first-order valence-electron chi connectivity index (χ1n) is 5.30. The molecule has 0 spiro atoms. The number of nitrogens with zero attached hydrogens (tertiary/aromatic N) is 1. The van der Waals surface area contributed by atoms with E-state index in [0.717, 1.165) is 5.56 Å². The van der Waals surface area contributed by atoms with Crippen molar-refractivity contribution in [1.82, 2.24) is 15.5 Å². The third-order valence-electron chi connectivity index (χ3n) is 2.03. The Morgan fingerprint density at radius 2 is 2.31 bits per heavy atom. The van der Waals surface area contributed by atoms with Crippen LogP contribution in [0.4, 0.5) is 0 Å². The maximum Gasteiger partial charge on any atom is 0.246 e. The van der Waals surface area contributed by atoms with Gasteiger partial charge in [-0.1, -0.05) is 0 Å². The van der Waals surface area contributed by atoms with Gasteiger partial charge in [-0.3, -0.25) is 9.89 Å². The van der Waals surface area contributed by atoms with Crippen LogP contribution in [0.1, 0.15) is 39.3 Å². The average Bonchev–Trinajstić information content (AvgIpc) is 2.66. The van der Waals surface area contributed by atoms with Crippen molar-refractivity contribution in [2.24, 2.45) is 0 Å². The largest absolute Gasteiger partial charge is 0.366 e. The summed E-state index contributed by atoms with van der Waals surface area (Å²) >= 11 is 0. The van der Waals surface area contributed by atoms with Crippen LogP contribution in [0.15, 0.2) is 12.4 Å². The van der Waals surface area contributed by atoms with E-state index in [4.69, 9.17) is 4.74 Å². The summed E-state index contributed by atoms with van der Waals surface area (Å²) in [5.41, 5.74) is 0.653. The van der Waals surface area contributed by atoms with Crippen LogP contribution in [-0.2, 0) is 9.53 Å². The van der Waals surface area contributed by atoms with Crippen molar-refractivity contribution < 1.29 is 9.53 Å². The molecule has 5 nitrogen and oxygen atoms in total. The van der Waals surface area contributed by atoms with Gasteiger partial charge in [0.25, 0.3) is 0 Å². The Bertz CT molecular complexity index is 327. The molecule has 1 aromatic rings. The minimum atomic E-state index is -0.295. The van der Waals surface area contributed by atoms with E-state index >= 15 is 0 Å². The fourth-order valence-corrected chi connectivity index (χ4v) is 1.15. The molecule has 1 atom stereocenters. The van der Waals surface area contributed by atoms with Gasteiger partial charge in [-0.05, 0) is 27.7 Å². The van der Waals surface area contributed by atoms with Crippen molar-refractivity contribution in [2.45, 2.75) is 39.3 Å². The molecule has 0 saturated heterocycles. The molecule has 0 fully saturated rings. The fourth-order valence-electron chi connectivity index (χ4n) is 1.15. The van der Waals surface area contributed by atoms with Crippen molar-refractivity contribution in [2.75, 3.05) is 6.61 Å². The van der Waals surface area contributed by atoms with Gasteiger partial charge < -0.3 is 10.1 Å². The Hall–Kier alpha value is -1.36. The molecule has 0 aliphatic carbocycles. The molecule has 0 radical (unpaired) electrons. The zero-order chi connectivity index (χ0) is 12.2. The maximum atomic E-state index is 11.5. The van der Waals surface area contributed by atoms with Crippen LogP contribution in [-0.4, -0.2) is 28.3 Å². The standard InChI is InChI=1S/C11H19N3O2/c1-8(9-5-12-13-6-9)14-10(15)7-16-11(2,3)4/h5-6,8H,7H2,1-4H3,(H,12,13)(H,14,15). The lowest BCUT2D eigenvalue weighted by Crippen LogP contribution is -2.33. The predicted octanol–water partition coefficient (Wildman–Crippen LogP) is 1.40. The zero-order valence-electron chi connectivity index (χ0n) is 10.2. The van der Waals surface area contributed by atoms with Crippen molar-refractivity contribution in [3.05, 3.63) is 18.0 Å². The third kappa shape index (κ3) is 4.44. The Morgan fingerprint density at radius 3 is 2.81 bits per heavy atom. The van der Waals surface area contributed by atoms with E-state index in [1.807, 2.05) is 27.7 Å². The van der Waals surface area contributed by atoms with Gasteiger partial charge in [0.1, 0.15) is 6.61 Å². The number of hydrogen-bond donors (Lipinski definition) is 2. The number of nitrogens with one attached hydrogen (secondary N) is 2. The van der Waals surface area contributed by atoms with Gasteiger partial charge in [-0.15, -0.1) is 0 Å². The molecule has 90 valence electrons. The van der Waals surface area contributed by atoms with E-state index in [-0.39, 0.29) is 24.2 Å². The highest BCUT2D eigenvalue weighted by Gasteiger charge is 2.15. The van der Waals surface area contributed by atoms with E-state index in [1.165, 1.54) is 0 Å². The second-order valence-corrected chi connectivity index (χ2v) is 4.72. The van der Waals surface area contributed by atoms with Gasteiger partial charge in [0, 0.05) is 11.8 Å². The molecule has 0 bridgehead atoms. The molecule has 1 amide bonds. The van der Waals surface area contributed by atoms with Crippen LogP contribution in [0.5, 0.6) is 0 Å². The lowest BCUT2D eigenvalue weighted by Gasteiger charge is -2.20. The molecule has 5 heteroatoms. The molecular weight excluding hydrogens is 206 g/mol. The second-order valence-electron chi connectivity index (χ2n) is 4.72. The van der Waals surface area contributed by atoms with E-state index in [1.54, 1.807) is 12.4 Å². The van der Waals surface area contributed by atoms with Crippen molar-refractivity contribution in [3.63, 3.8) is 0 Å². The minimum absolute atomic E-state index is 0.0604. The Kier molecular flexibility index (Phi) is 4.06. The SMILES string of the molecule is CC(NC(=O)COC(C)(C)C)c1cn[nH]c1. The first kappa shape index (κ1) is 12.7. The monoisotopic (exact) mass is 225 g/mol. The number of hydrogen-bond acceptors (Lipinski definition) is 3. The van der Waals surface area contributed by atoms with Gasteiger partial charge in [0.05, 0.1) is 17.8 Å². The highest BCUT2D eigenvalue weighted by Crippen LogP contribution is 2.10. The maximum absolute atomic E-state index is 11.5. The topological polar surface area (TPSA) is 67.0 Å². The first-order valence-corrected chi connectivity index (χ1v) is 5.30. The van der Waals surface area contributed by atoms with Crippen molar-refractivity contribution >= 4 is 5.91 Å². The first-order chi connectivity index (χ1) is 7.38. The Labute approximate surface area is 95.6 Å². The lowest BCUT2D eigenvalue weighted by molar-refractivity contribution is -0.131. The summed E-state index contributed by atoms with van der Waals surface area (Å²) in [5.74, 6) is -0.122. The number of rotatable bonds is 4. The summed E-state index contributed by atoms with van der Waals surface area (Å²) in [6, 6.07) is -0.0604. The van der Waals surface area contributed by atoms with Crippen molar-refractivity contribution in [3.8, 4) is 0 Å². The molecule has 0 aliphatic rings. The van der Waals surface area contributed by atoms with Gasteiger partial charge >= 0.3 is 0 Å². The third-order valence-corrected chi connectivity index (χ3v) is 2.03. The summed E-state index contributed by atoms with van der Waals surface area (Å²) in [6.07, 6.45) is 3.45. The number of H-pyrrole nitrogens is 1. The number of aromatic nitrogens is 2. The number of ether oxygens (including phenoxy) is 1. The molecule has 2 N–H and O–H groups in total. The molecule has 1 aromatic heterocycles. The molecule has 1 unspecified atom stereocenters. The minimum Gasteiger partial charge on any atom is -0.366 e. The van der Waals surface area contributed by atoms with E-state index < -0.39 is 0 Å². The summed E-state index contributed by atoms with van der Waals surface area (Å²) in [4.78, 5) is 11.5. The van der Waals surface area contributed by atoms with Crippen LogP contribution in [0.2, 0.25) is 0 Å². The summed E-state index contributed by atoms with van der Waals surface area (Å²) in [6.45, 7) is 7.73.